The molecule has 1 heterocycles. The Morgan fingerprint density at radius 2 is 2.27 bits per heavy atom. The molecule has 0 aliphatic rings. The van der Waals surface area contributed by atoms with Crippen molar-refractivity contribution in [2.45, 2.75) is 13.3 Å². The second-order valence-electron chi connectivity index (χ2n) is 2.10. The van der Waals surface area contributed by atoms with Gasteiger partial charge in [0, 0.05) is 28.4 Å². The van der Waals surface area contributed by atoms with Gasteiger partial charge >= 0.3 is 0 Å². The Labute approximate surface area is 72.4 Å². The molecule has 0 unspecified atom stereocenters. The van der Waals surface area contributed by atoms with Crippen LogP contribution in [0.25, 0.3) is 0 Å². The minimum Gasteiger partial charge on any atom is -0.618 e. The molecule has 0 radical (unpaired) electrons. The fourth-order valence-electron chi connectivity index (χ4n) is 0.844. The smallest absolute Gasteiger partial charge is 0.259 e. The van der Waals surface area contributed by atoms with Crippen LogP contribution in [0.2, 0.25) is 0 Å². The number of pyridine rings is 1. The van der Waals surface area contributed by atoms with Crippen LogP contribution >= 0.6 is 15.9 Å². The zero-order valence-corrected chi connectivity index (χ0v) is 7.56. The van der Waals surface area contributed by atoms with Gasteiger partial charge in [0.2, 0.25) is 5.69 Å². The van der Waals surface area contributed by atoms with E-state index in [1.807, 2.05) is 0 Å². The molecule has 0 spiro atoms. The molecule has 0 aliphatic heterocycles. The first-order valence-corrected chi connectivity index (χ1v) is 4.02. The van der Waals surface area contributed by atoms with E-state index in [1.165, 1.54) is 12.1 Å². The average molecular weight is 220 g/mol. The van der Waals surface area contributed by atoms with Crippen molar-refractivity contribution in [1.29, 1.82) is 0 Å². The van der Waals surface area contributed by atoms with Gasteiger partial charge in [-0.05, 0) is 6.07 Å². The van der Waals surface area contributed by atoms with Crippen LogP contribution < -0.4 is 4.73 Å². The predicted molar refractivity (Wildman–Crippen MR) is 42.4 cm³/mol. The Bertz CT molecular complexity index is 277. The van der Waals surface area contributed by atoms with Crippen LogP contribution in [-0.2, 0) is 6.42 Å². The summed E-state index contributed by atoms with van der Waals surface area (Å²) in [5.74, 6) is -0.453. The minimum atomic E-state index is -0.453. The highest BCUT2D eigenvalue weighted by Crippen LogP contribution is 2.08. The third kappa shape index (κ3) is 1.50. The molecule has 0 aliphatic carbocycles. The van der Waals surface area contributed by atoms with Gasteiger partial charge in [0.15, 0.2) is 5.82 Å². The van der Waals surface area contributed by atoms with Crippen molar-refractivity contribution < 1.29 is 9.12 Å². The van der Waals surface area contributed by atoms with Gasteiger partial charge in [-0.25, -0.2) is 0 Å². The van der Waals surface area contributed by atoms with E-state index in [-0.39, 0.29) is 5.69 Å². The fourth-order valence-corrected chi connectivity index (χ4v) is 1.19. The Hall–Kier alpha value is -0.640. The molecule has 1 aromatic rings. The topological polar surface area (TPSA) is 26.9 Å². The molecule has 0 saturated carbocycles. The standard InChI is InChI=1S/C7H7BrFNO/c1-2-6-5(9)3-4-7(8)10(6)11/h3-4H,2H2,1H3. The number of nitrogens with zero attached hydrogens (tertiary/aromatic N) is 1. The fraction of sp³-hybridized carbons (Fsp3) is 0.286. The summed E-state index contributed by atoms with van der Waals surface area (Å²) in [6.45, 7) is 1.74. The summed E-state index contributed by atoms with van der Waals surface area (Å²) in [5.41, 5.74) is 0.166. The summed E-state index contributed by atoms with van der Waals surface area (Å²) in [6, 6.07) is 2.67. The summed E-state index contributed by atoms with van der Waals surface area (Å²) < 4.78 is 13.7. The molecular formula is C7H7BrFNO. The van der Waals surface area contributed by atoms with E-state index in [0.717, 1.165) is 0 Å². The zero-order valence-electron chi connectivity index (χ0n) is 5.97. The predicted octanol–water partition coefficient (Wildman–Crippen LogP) is 1.78. The van der Waals surface area contributed by atoms with Crippen molar-refractivity contribution >= 4 is 15.9 Å². The van der Waals surface area contributed by atoms with Crippen LogP contribution in [-0.4, -0.2) is 0 Å². The van der Waals surface area contributed by atoms with Crippen LogP contribution in [0.15, 0.2) is 16.7 Å². The largest absolute Gasteiger partial charge is 0.618 e. The molecule has 0 amide bonds. The molecule has 1 aromatic heterocycles. The number of aromatic nitrogens is 1. The molecule has 0 atom stereocenters. The van der Waals surface area contributed by atoms with E-state index in [4.69, 9.17) is 0 Å². The van der Waals surface area contributed by atoms with E-state index < -0.39 is 5.82 Å². The maximum Gasteiger partial charge on any atom is 0.259 e. The lowest BCUT2D eigenvalue weighted by Crippen LogP contribution is -2.34. The lowest BCUT2D eigenvalue weighted by atomic mass is 10.3. The zero-order chi connectivity index (χ0) is 8.43. The molecule has 0 saturated heterocycles. The number of halogens is 2. The first kappa shape index (κ1) is 8.46. The van der Waals surface area contributed by atoms with E-state index >= 15 is 0 Å². The van der Waals surface area contributed by atoms with Crippen LogP contribution in [0.1, 0.15) is 12.6 Å². The highest BCUT2D eigenvalue weighted by atomic mass is 79.9. The van der Waals surface area contributed by atoms with Gasteiger partial charge in [-0.1, -0.05) is 6.92 Å². The Balaban J connectivity index is 3.29. The quantitative estimate of drug-likeness (QED) is 0.402. The van der Waals surface area contributed by atoms with Crippen molar-refractivity contribution in [2.75, 3.05) is 0 Å². The molecule has 1 rings (SSSR count). The number of rotatable bonds is 1. The van der Waals surface area contributed by atoms with Crippen molar-refractivity contribution in [1.82, 2.24) is 0 Å². The second-order valence-corrected chi connectivity index (χ2v) is 2.91. The average Bonchev–Trinajstić information content (AvgIpc) is 1.99. The molecule has 2 nitrogen and oxygen atoms in total. The van der Waals surface area contributed by atoms with Crippen LogP contribution in [0.3, 0.4) is 0 Å². The molecule has 0 aromatic carbocycles. The van der Waals surface area contributed by atoms with Gasteiger partial charge in [-0.3, -0.25) is 0 Å². The highest BCUT2D eigenvalue weighted by Gasteiger charge is 2.12. The third-order valence-corrected chi connectivity index (χ3v) is 2.00. The lowest BCUT2D eigenvalue weighted by molar-refractivity contribution is -0.627. The first-order valence-electron chi connectivity index (χ1n) is 3.23. The normalized spacial score (nSPS) is 10.1. The van der Waals surface area contributed by atoms with Crippen molar-refractivity contribution in [3.8, 4) is 0 Å². The maximum absolute atomic E-state index is 12.8. The summed E-state index contributed by atoms with van der Waals surface area (Å²) >= 11 is 3.00. The van der Waals surface area contributed by atoms with Gasteiger partial charge in [-0.15, -0.1) is 0 Å². The van der Waals surface area contributed by atoms with Gasteiger partial charge in [0.05, 0.1) is 0 Å². The molecule has 60 valence electrons. The first-order chi connectivity index (χ1) is 5.16. The maximum atomic E-state index is 12.8. The third-order valence-electron chi connectivity index (χ3n) is 1.42. The van der Waals surface area contributed by atoms with Gasteiger partial charge in [0.25, 0.3) is 4.60 Å². The van der Waals surface area contributed by atoms with E-state index in [9.17, 15) is 9.60 Å². The summed E-state index contributed by atoms with van der Waals surface area (Å²) in [7, 11) is 0. The monoisotopic (exact) mass is 219 g/mol. The summed E-state index contributed by atoms with van der Waals surface area (Å²) in [4.78, 5) is 0. The molecule has 11 heavy (non-hydrogen) atoms. The number of hydrogen-bond acceptors (Lipinski definition) is 1. The molecular weight excluding hydrogens is 213 g/mol. The van der Waals surface area contributed by atoms with Crippen molar-refractivity contribution in [2.24, 2.45) is 0 Å². The Morgan fingerprint density at radius 3 is 2.73 bits per heavy atom. The lowest BCUT2D eigenvalue weighted by Gasteiger charge is -2.03. The molecule has 0 N–H and O–H groups in total. The van der Waals surface area contributed by atoms with Crippen LogP contribution in [0, 0.1) is 11.0 Å². The summed E-state index contributed by atoms with van der Waals surface area (Å²) in [5, 5.41) is 11.1. The number of hydrogen-bond donors (Lipinski definition) is 0. The second kappa shape index (κ2) is 3.17. The Morgan fingerprint density at radius 1 is 1.64 bits per heavy atom. The molecule has 0 fully saturated rings. The molecule has 4 heteroatoms. The van der Waals surface area contributed by atoms with E-state index in [2.05, 4.69) is 15.9 Å². The van der Waals surface area contributed by atoms with Crippen LogP contribution in [0.5, 0.6) is 0 Å². The van der Waals surface area contributed by atoms with E-state index in [0.29, 0.717) is 15.8 Å². The van der Waals surface area contributed by atoms with Gasteiger partial charge < -0.3 is 5.21 Å². The van der Waals surface area contributed by atoms with E-state index in [1.54, 1.807) is 6.92 Å². The van der Waals surface area contributed by atoms with Crippen molar-refractivity contribution in [3.05, 3.63) is 33.5 Å². The Kier molecular flexibility index (Phi) is 2.44. The van der Waals surface area contributed by atoms with Gasteiger partial charge in [-0.2, -0.15) is 9.12 Å². The molecule has 0 bridgehead atoms. The van der Waals surface area contributed by atoms with Gasteiger partial charge in [0.1, 0.15) is 0 Å². The minimum absolute atomic E-state index is 0.166. The van der Waals surface area contributed by atoms with Crippen LogP contribution in [0.4, 0.5) is 4.39 Å². The highest BCUT2D eigenvalue weighted by molar-refractivity contribution is 9.10. The summed E-state index contributed by atoms with van der Waals surface area (Å²) in [6.07, 6.45) is 0.398. The van der Waals surface area contributed by atoms with Crippen molar-refractivity contribution in [3.63, 3.8) is 0 Å². The SMILES string of the molecule is CCc1c(F)ccc(Br)[n+]1[O-].